The topological polar surface area (TPSA) is 94.2 Å². The summed E-state index contributed by atoms with van der Waals surface area (Å²) in [5, 5.41) is 3.05. The monoisotopic (exact) mass is 458 g/mol. The van der Waals surface area contributed by atoms with Gasteiger partial charge in [0, 0.05) is 44.8 Å². The molecule has 8 nitrogen and oxygen atoms in total. The zero-order valence-electron chi connectivity index (χ0n) is 19.2. The Morgan fingerprint density at radius 2 is 1.82 bits per heavy atom. The number of H-pyrrole nitrogens is 1. The summed E-state index contributed by atoms with van der Waals surface area (Å²) >= 11 is 0. The van der Waals surface area contributed by atoms with Gasteiger partial charge in [0.25, 0.3) is 5.91 Å². The molecule has 176 valence electrons. The van der Waals surface area contributed by atoms with E-state index in [4.69, 9.17) is 4.98 Å². The van der Waals surface area contributed by atoms with Gasteiger partial charge in [-0.25, -0.2) is 9.97 Å². The zero-order valence-corrected chi connectivity index (χ0v) is 19.2. The van der Waals surface area contributed by atoms with Crippen LogP contribution in [0.2, 0.25) is 0 Å². The summed E-state index contributed by atoms with van der Waals surface area (Å²) < 4.78 is 0. The summed E-state index contributed by atoms with van der Waals surface area (Å²) in [4.78, 5) is 43.2. The lowest BCUT2D eigenvalue weighted by atomic mass is 10.1. The number of piperazine rings is 1. The van der Waals surface area contributed by atoms with Crippen LogP contribution in [0, 0.1) is 5.92 Å². The van der Waals surface area contributed by atoms with Gasteiger partial charge in [0.2, 0.25) is 5.91 Å². The number of rotatable bonds is 7. The van der Waals surface area contributed by atoms with Crippen LogP contribution in [0.15, 0.2) is 42.7 Å². The van der Waals surface area contributed by atoms with Gasteiger partial charge in [-0.15, -0.1) is 0 Å². The van der Waals surface area contributed by atoms with Crippen molar-refractivity contribution in [2.24, 2.45) is 5.92 Å². The van der Waals surface area contributed by atoms with Gasteiger partial charge in [0.15, 0.2) is 5.65 Å². The number of nitrogens with one attached hydrogen (secondary N) is 2. The van der Waals surface area contributed by atoms with E-state index in [1.807, 2.05) is 11.0 Å². The minimum Gasteiger partial charge on any atom is -0.344 e. The molecule has 1 aliphatic heterocycles. The number of amides is 2. The first-order valence-electron chi connectivity index (χ1n) is 12.4. The molecular weight excluding hydrogens is 428 g/mol. The molecule has 3 fully saturated rings. The van der Waals surface area contributed by atoms with Gasteiger partial charge >= 0.3 is 0 Å². The van der Waals surface area contributed by atoms with E-state index in [1.54, 1.807) is 12.4 Å². The molecule has 2 aromatic heterocycles. The number of aromatic nitrogens is 3. The second-order valence-corrected chi connectivity index (χ2v) is 9.84. The Labute approximate surface area is 198 Å². The van der Waals surface area contributed by atoms with Crippen molar-refractivity contribution in [3.63, 3.8) is 0 Å². The predicted octanol–water partition coefficient (Wildman–Crippen LogP) is 2.69. The molecule has 0 spiro atoms. The lowest BCUT2D eigenvalue weighted by molar-refractivity contribution is -0.135. The second kappa shape index (κ2) is 8.83. The summed E-state index contributed by atoms with van der Waals surface area (Å²) in [7, 11) is 0. The second-order valence-electron chi connectivity index (χ2n) is 9.84. The first-order valence-corrected chi connectivity index (χ1v) is 12.4. The number of fused-ring (bicyclic) bond motifs is 1. The smallest absolute Gasteiger partial charge is 0.255 e. The SMILES string of the molecule is O=C(N[C@@H](C(=O)N1CCN(Cc2ccccc2)CC1)C1CC1)c1c[nH]c2ncc(C3CC3)nc12. The molecule has 0 bridgehead atoms. The average Bonchev–Trinajstić information content (AvgIpc) is 3.80. The molecule has 0 unspecified atom stereocenters. The highest BCUT2D eigenvalue weighted by Gasteiger charge is 2.40. The van der Waals surface area contributed by atoms with E-state index < -0.39 is 6.04 Å². The van der Waals surface area contributed by atoms with E-state index in [1.165, 1.54) is 5.56 Å². The van der Waals surface area contributed by atoms with E-state index in [2.05, 4.69) is 44.5 Å². The van der Waals surface area contributed by atoms with E-state index in [0.29, 0.717) is 35.7 Å². The van der Waals surface area contributed by atoms with E-state index in [-0.39, 0.29) is 17.7 Å². The lowest BCUT2D eigenvalue weighted by Gasteiger charge is -2.36. The molecule has 1 saturated heterocycles. The van der Waals surface area contributed by atoms with Gasteiger partial charge in [0.1, 0.15) is 11.6 Å². The van der Waals surface area contributed by atoms with Crippen LogP contribution in [0.4, 0.5) is 0 Å². The fourth-order valence-electron chi connectivity index (χ4n) is 4.85. The van der Waals surface area contributed by atoms with Gasteiger partial charge in [-0.2, -0.15) is 0 Å². The summed E-state index contributed by atoms with van der Waals surface area (Å²) in [6.07, 6.45) is 7.67. The average molecular weight is 459 g/mol. The van der Waals surface area contributed by atoms with Crippen LogP contribution in [-0.4, -0.2) is 68.8 Å². The van der Waals surface area contributed by atoms with Crippen LogP contribution in [0.25, 0.3) is 11.2 Å². The highest BCUT2D eigenvalue weighted by atomic mass is 16.2. The van der Waals surface area contributed by atoms with E-state index in [0.717, 1.165) is 51.0 Å². The van der Waals surface area contributed by atoms with Crippen molar-refractivity contribution in [2.45, 2.75) is 44.2 Å². The maximum absolute atomic E-state index is 13.4. The molecule has 1 atom stereocenters. The van der Waals surface area contributed by atoms with Crippen LogP contribution in [0.1, 0.15) is 53.2 Å². The quantitative estimate of drug-likeness (QED) is 0.568. The molecule has 0 radical (unpaired) electrons. The third kappa shape index (κ3) is 4.42. The Morgan fingerprint density at radius 1 is 1.06 bits per heavy atom. The number of benzene rings is 1. The molecule has 3 aromatic rings. The largest absolute Gasteiger partial charge is 0.344 e. The third-order valence-corrected chi connectivity index (χ3v) is 7.22. The Balaban J connectivity index is 1.11. The molecule has 34 heavy (non-hydrogen) atoms. The number of carbonyl (C=O) groups excluding carboxylic acids is 2. The first-order chi connectivity index (χ1) is 16.7. The molecule has 2 saturated carbocycles. The standard InChI is InChI=1S/C26H30N6O2/c33-25(20-14-27-24-23(20)29-21(15-28-24)18-6-7-18)30-22(19-8-9-19)26(34)32-12-10-31(11-13-32)16-17-4-2-1-3-5-17/h1-5,14-15,18-19,22H,6-13,16H2,(H,27,28)(H,30,33)/t22-/m1/s1. The first kappa shape index (κ1) is 21.3. The normalized spacial score (nSPS) is 19.8. The van der Waals surface area contributed by atoms with Crippen LogP contribution >= 0.6 is 0 Å². The Bertz CT molecular complexity index is 1190. The molecule has 2 aliphatic carbocycles. The molecule has 3 aliphatic rings. The summed E-state index contributed by atoms with van der Waals surface area (Å²) in [5.74, 6) is 0.474. The number of hydrogen-bond acceptors (Lipinski definition) is 5. The fraction of sp³-hybridized carbons (Fsp3) is 0.462. The Morgan fingerprint density at radius 3 is 2.53 bits per heavy atom. The van der Waals surface area contributed by atoms with Crippen LogP contribution < -0.4 is 5.32 Å². The number of nitrogens with zero attached hydrogens (tertiary/aromatic N) is 4. The van der Waals surface area contributed by atoms with Crippen LogP contribution in [0.3, 0.4) is 0 Å². The predicted molar refractivity (Wildman–Crippen MR) is 128 cm³/mol. The highest BCUT2D eigenvalue weighted by molar-refractivity contribution is 6.06. The van der Waals surface area contributed by atoms with Crippen LogP contribution in [-0.2, 0) is 11.3 Å². The Kier molecular flexibility index (Phi) is 5.53. The molecule has 3 heterocycles. The fourth-order valence-corrected chi connectivity index (χ4v) is 4.85. The summed E-state index contributed by atoms with van der Waals surface area (Å²) in [6, 6.07) is 9.95. The molecular formula is C26H30N6O2. The van der Waals surface area contributed by atoms with Crippen molar-refractivity contribution in [3.8, 4) is 0 Å². The van der Waals surface area contributed by atoms with Gasteiger partial charge in [-0.1, -0.05) is 30.3 Å². The van der Waals surface area contributed by atoms with Crippen molar-refractivity contribution in [1.29, 1.82) is 0 Å². The Hall–Kier alpha value is -3.26. The minimum atomic E-state index is -0.474. The molecule has 2 N–H and O–H groups in total. The van der Waals surface area contributed by atoms with Crippen molar-refractivity contribution in [2.75, 3.05) is 26.2 Å². The van der Waals surface area contributed by atoms with E-state index >= 15 is 0 Å². The van der Waals surface area contributed by atoms with Crippen molar-refractivity contribution >= 4 is 23.0 Å². The third-order valence-electron chi connectivity index (χ3n) is 7.22. The summed E-state index contributed by atoms with van der Waals surface area (Å²) in [6.45, 7) is 3.96. The molecule has 8 heteroatoms. The molecule has 1 aromatic carbocycles. The van der Waals surface area contributed by atoms with E-state index in [9.17, 15) is 9.59 Å². The maximum atomic E-state index is 13.4. The summed E-state index contributed by atoms with van der Waals surface area (Å²) in [5.41, 5.74) is 3.91. The van der Waals surface area contributed by atoms with Crippen molar-refractivity contribution in [3.05, 3.63) is 59.5 Å². The van der Waals surface area contributed by atoms with Crippen LogP contribution in [0.5, 0.6) is 0 Å². The van der Waals surface area contributed by atoms with Crippen molar-refractivity contribution in [1.82, 2.24) is 30.1 Å². The number of hydrogen-bond donors (Lipinski definition) is 2. The lowest BCUT2D eigenvalue weighted by Crippen LogP contribution is -2.55. The molecule has 6 rings (SSSR count). The van der Waals surface area contributed by atoms with Gasteiger partial charge in [0.05, 0.1) is 17.5 Å². The van der Waals surface area contributed by atoms with Crippen molar-refractivity contribution < 1.29 is 9.59 Å². The number of aromatic amines is 1. The number of carbonyl (C=O) groups is 2. The van der Waals surface area contributed by atoms with Gasteiger partial charge in [-0.05, 0) is 37.2 Å². The zero-order chi connectivity index (χ0) is 23.1. The van der Waals surface area contributed by atoms with Gasteiger partial charge in [-0.3, -0.25) is 14.5 Å². The highest BCUT2D eigenvalue weighted by Crippen LogP contribution is 2.39. The minimum absolute atomic E-state index is 0.0415. The maximum Gasteiger partial charge on any atom is 0.255 e. The molecule has 2 amide bonds. The van der Waals surface area contributed by atoms with Gasteiger partial charge < -0.3 is 15.2 Å².